The Labute approximate surface area is 119 Å². The summed E-state index contributed by atoms with van der Waals surface area (Å²) in [6, 6.07) is -1.48. The summed E-state index contributed by atoms with van der Waals surface area (Å²) in [4.78, 5) is 36.9. The molecule has 2 unspecified atom stereocenters. The average Bonchev–Trinajstić information content (AvgIpc) is 2.45. The smallest absolute Gasteiger partial charge is 0.323 e. The summed E-state index contributed by atoms with van der Waals surface area (Å²) >= 11 is 0. The number of imide groups is 1. The molecule has 114 valence electrons. The minimum atomic E-state index is -0.554. The van der Waals surface area contributed by atoms with Crippen LogP contribution in [0.5, 0.6) is 0 Å². The summed E-state index contributed by atoms with van der Waals surface area (Å²) in [7, 11) is 1.34. The third kappa shape index (κ3) is 4.19. The topological polar surface area (TPSA) is 87.7 Å². The predicted octanol–water partition coefficient (Wildman–Crippen LogP) is 0.248. The van der Waals surface area contributed by atoms with Crippen molar-refractivity contribution in [1.82, 2.24) is 15.5 Å². The molecule has 7 heteroatoms. The largest absolute Gasteiger partial charge is 0.468 e. The van der Waals surface area contributed by atoms with Crippen molar-refractivity contribution in [2.45, 2.75) is 45.2 Å². The van der Waals surface area contributed by atoms with Crippen molar-refractivity contribution in [3.8, 4) is 0 Å². The van der Waals surface area contributed by atoms with Crippen LogP contribution in [-0.2, 0) is 14.3 Å². The second-order valence-electron chi connectivity index (χ2n) is 4.80. The number of nitrogens with zero attached hydrogens (tertiary/aromatic N) is 1. The molecule has 0 radical (unpaired) electrons. The van der Waals surface area contributed by atoms with E-state index in [9.17, 15) is 14.4 Å². The second kappa shape index (κ2) is 7.84. The van der Waals surface area contributed by atoms with E-state index >= 15 is 0 Å². The van der Waals surface area contributed by atoms with Crippen LogP contribution in [0.15, 0.2) is 0 Å². The minimum absolute atomic E-state index is 0.331. The monoisotopic (exact) mass is 285 g/mol. The van der Waals surface area contributed by atoms with Crippen molar-refractivity contribution >= 4 is 17.9 Å². The molecule has 20 heavy (non-hydrogen) atoms. The van der Waals surface area contributed by atoms with Crippen LogP contribution in [0.3, 0.4) is 0 Å². The molecule has 0 bridgehead atoms. The Balaban J connectivity index is 2.67. The fourth-order valence-electron chi connectivity index (χ4n) is 2.38. The molecule has 1 aliphatic rings. The number of piperidine rings is 1. The van der Waals surface area contributed by atoms with Gasteiger partial charge in [-0.15, -0.1) is 0 Å². The van der Waals surface area contributed by atoms with E-state index in [2.05, 4.69) is 10.6 Å². The van der Waals surface area contributed by atoms with Gasteiger partial charge in [-0.2, -0.15) is 0 Å². The number of esters is 1. The van der Waals surface area contributed by atoms with Crippen molar-refractivity contribution in [3.05, 3.63) is 0 Å². The van der Waals surface area contributed by atoms with Gasteiger partial charge < -0.3 is 10.1 Å². The maximum Gasteiger partial charge on any atom is 0.323 e. The number of hydrogen-bond donors (Lipinski definition) is 2. The number of methoxy groups -OCH3 is 1. The molecular formula is C13H23N3O4. The van der Waals surface area contributed by atoms with Crippen LogP contribution in [0.2, 0.25) is 0 Å². The van der Waals surface area contributed by atoms with Crippen molar-refractivity contribution in [3.63, 3.8) is 0 Å². The van der Waals surface area contributed by atoms with Gasteiger partial charge in [-0.05, 0) is 33.2 Å². The predicted molar refractivity (Wildman–Crippen MR) is 73.0 cm³/mol. The van der Waals surface area contributed by atoms with E-state index < -0.39 is 24.0 Å². The number of amides is 3. The first kappa shape index (κ1) is 16.4. The quantitative estimate of drug-likeness (QED) is 0.723. The lowest BCUT2D eigenvalue weighted by Crippen LogP contribution is -2.56. The van der Waals surface area contributed by atoms with E-state index in [0.717, 1.165) is 12.8 Å². The summed E-state index contributed by atoms with van der Waals surface area (Å²) in [5.41, 5.74) is 0. The molecular weight excluding hydrogens is 262 g/mol. The minimum Gasteiger partial charge on any atom is -0.468 e. The zero-order valence-corrected chi connectivity index (χ0v) is 12.3. The Bertz CT molecular complexity index is 373. The van der Waals surface area contributed by atoms with E-state index in [1.54, 1.807) is 18.7 Å². The van der Waals surface area contributed by atoms with Gasteiger partial charge in [0.15, 0.2) is 0 Å². The fraction of sp³-hybridized carbons (Fsp3) is 0.769. The molecule has 2 atom stereocenters. The lowest BCUT2D eigenvalue weighted by Gasteiger charge is -2.37. The van der Waals surface area contributed by atoms with Gasteiger partial charge in [-0.3, -0.25) is 19.8 Å². The average molecular weight is 285 g/mol. The standard InChI is InChI=1S/C13H23N3O4/c1-4-14-13(19)15-11(17)9(2)16-8-6-5-7-10(16)12(18)20-3/h9-10H,4-8H2,1-3H3,(H2,14,15,17,19). The van der Waals surface area contributed by atoms with Crippen LogP contribution < -0.4 is 10.6 Å². The number of carbonyl (C=O) groups excluding carboxylic acids is 3. The third-order valence-corrected chi connectivity index (χ3v) is 3.47. The first-order valence-electron chi connectivity index (χ1n) is 6.93. The Morgan fingerprint density at radius 3 is 2.65 bits per heavy atom. The first-order chi connectivity index (χ1) is 9.51. The number of urea groups is 1. The molecule has 1 saturated heterocycles. The fourth-order valence-corrected chi connectivity index (χ4v) is 2.38. The summed E-state index contributed by atoms with van der Waals surface area (Å²) in [5.74, 6) is -0.742. The number of likely N-dealkylation sites (tertiary alicyclic amines) is 1. The highest BCUT2D eigenvalue weighted by Crippen LogP contribution is 2.20. The van der Waals surface area contributed by atoms with E-state index in [1.165, 1.54) is 7.11 Å². The van der Waals surface area contributed by atoms with Gasteiger partial charge in [-0.25, -0.2) is 4.79 Å². The summed E-state index contributed by atoms with van der Waals surface area (Å²) in [5, 5.41) is 4.77. The molecule has 3 amide bonds. The van der Waals surface area contributed by atoms with Gasteiger partial charge in [0, 0.05) is 6.54 Å². The Kier molecular flexibility index (Phi) is 6.44. The molecule has 7 nitrogen and oxygen atoms in total. The molecule has 0 aromatic carbocycles. The van der Waals surface area contributed by atoms with Crippen molar-refractivity contribution in [2.75, 3.05) is 20.2 Å². The molecule has 0 aliphatic carbocycles. The molecule has 0 aromatic rings. The summed E-state index contributed by atoms with van der Waals surface area (Å²) in [6.07, 6.45) is 2.53. The number of nitrogens with one attached hydrogen (secondary N) is 2. The van der Waals surface area contributed by atoms with Gasteiger partial charge in [0.1, 0.15) is 6.04 Å². The highest BCUT2D eigenvalue weighted by Gasteiger charge is 2.35. The normalized spacial score (nSPS) is 20.9. The van der Waals surface area contributed by atoms with Crippen LogP contribution in [0, 0.1) is 0 Å². The van der Waals surface area contributed by atoms with Crippen LogP contribution in [0.25, 0.3) is 0 Å². The van der Waals surface area contributed by atoms with E-state index in [1.807, 2.05) is 0 Å². The van der Waals surface area contributed by atoms with Gasteiger partial charge in [0.05, 0.1) is 13.2 Å². The van der Waals surface area contributed by atoms with E-state index in [4.69, 9.17) is 4.74 Å². The summed E-state index contributed by atoms with van der Waals surface area (Å²) < 4.78 is 4.78. The van der Waals surface area contributed by atoms with Crippen molar-refractivity contribution < 1.29 is 19.1 Å². The molecule has 0 aromatic heterocycles. The lowest BCUT2D eigenvalue weighted by atomic mass is 10.00. The second-order valence-corrected chi connectivity index (χ2v) is 4.80. The van der Waals surface area contributed by atoms with Crippen LogP contribution >= 0.6 is 0 Å². The van der Waals surface area contributed by atoms with Crippen LogP contribution in [0.4, 0.5) is 4.79 Å². The Hall–Kier alpha value is -1.63. The van der Waals surface area contributed by atoms with Crippen molar-refractivity contribution in [1.29, 1.82) is 0 Å². The Morgan fingerprint density at radius 2 is 2.05 bits per heavy atom. The van der Waals surface area contributed by atoms with Crippen molar-refractivity contribution in [2.24, 2.45) is 0 Å². The zero-order valence-electron chi connectivity index (χ0n) is 12.3. The number of ether oxygens (including phenoxy) is 1. The third-order valence-electron chi connectivity index (χ3n) is 3.47. The molecule has 1 heterocycles. The zero-order chi connectivity index (χ0) is 15.1. The Morgan fingerprint density at radius 1 is 1.35 bits per heavy atom. The highest BCUT2D eigenvalue weighted by atomic mass is 16.5. The van der Waals surface area contributed by atoms with Gasteiger partial charge in [0.2, 0.25) is 5.91 Å². The maximum atomic E-state index is 12.0. The van der Waals surface area contributed by atoms with Gasteiger partial charge in [-0.1, -0.05) is 6.42 Å². The molecule has 0 spiro atoms. The molecule has 1 aliphatic heterocycles. The summed E-state index contributed by atoms with van der Waals surface area (Å²) in [6.45, 7) is 4.55. The molecule has 1 rings (SSSR count). The first-order valence-corrected chi connectivity index (χ1v) is 6.93. The SMILES string of the molecule is CCNC(=O)NC(=O)C(C)N1CCCCC1C(=O)OC. The molecule has 0 saturated carbocycles. The molecule has 1 fully saturated rings. The highest BCUT2D eigenvalue weighted by molar-refractivity contribution is 5.97. The number of carbonyl (C=O) groups is 3. The van der Waals surface area contributed by atoms with Gasteiger partial charge >= 0.3 is 12.0 Å². The maximum absolute atomic E-state index is 12.0. The van der Waals surface area contributed by atoms with E-state index in [0.29, 0.717) is 19.5 Å². The van der Waals surface area contributed by atoms with Crippen LogP contribution in [0.1, 0.15) is 33.1 Å². The van der Waals surface area contributed by atoms with Gasteiger partial charge in [0.25, 0.3) is 0 Å². The number of rotatable bonds is 4. The van der Waals surface area contributed by atoms with Crippen LogP contribution in [-0.4, -0.2) is 55.1 Å². The number of hydrogen-bond acceptors (Lipinski definition) is 5. The lowest BCUT2D eigenvalue weighted by molar-refractivity contribution is -0.150. The molecule has 2 N–H and O–H groups in total. The van der Waals surface area contributed by atoms with E-state index in [-0.39, 0.29) is 5.97 Å².